The summed E-state index contributed by atoms with van der Waals surface area (Å²) in [5.74, 6) is 1.39. The van der Waals surface area contributed by atoms with Crippen LogP contribution in [0.25, 0.3) is 0 Å². The van der Waals surface area contributed by atoms with Crippen molar-refractivity contribution in [2.45, 2.75) is 31.5 Å². The zero-order valence-corrected chi connectivity index (χ0v) is 19.5. The number of hydrogen-bond donors (Lipinski definition) is 2. The molecule has 0 amide bonds. The summed E-state index contributed by atoms with van der Waals surface area (Å²) in [5, 5.41) is 3.36. The van der Waals surface area contributed by atoms with Crippen molar-refractivity contribution in [1.82, 2.24) is 10.2 Å². The highest BCUT2D eigenvalue weighted by Crippen LogP contribution is 2.31. The predicted molar refractivity (Wildman–Crippen MR) is 130 cm³/mol. The molecule has 6 nitrogen and oxygen atoms in total. The van der Waals surface area contributed by atoms with Crippen LogP contribution in [0.1, 0.15) is 30.0 Å². The number of nitrogens with two attached hydrogens (primary N) is 1. The summed E-state index contributed by atoms with van der Waals surface area (Å²) in [6, 6.07) is 18.8. The molecule has 0 bridgehead atoms. The van der Waals surface area contributed by atoms with E-state index >= 15 is 0 Å². The number of para-hydroxylation sites is 1. The monoisotopic (exact) mass is 522 g/mol. The summed E-state index contributed by atoms with van der Waals surface area (Å²) in [6.07, 6.45) is 1.97. The van der Waals surface area contributed by atoms with E-state index in [9.17, 15) is 0 Å². The van der Waals surface area contributed by atoms with Crippen molar-refractivity contribution in [3.05, 3.63) is 65.7 Å². The second kappa shape index (κ2) is 11.5. The first-order valence-corrected chi connectivity index (χ1v) is 10.4. The van der Waals surface area contributed by atoms with E-state index in [1.807, 2.05) is 18.2 Å². The first-order valence-electron chi connectivity index (χ1n) is 10.4. The van der Waals surface area contributed by atoms with Crippen LogP contribution < -0.4 is 15.8 Å². The molecular weight excluding hydrogens is 491 g/mol. The van der Waals surface area contributed by atoms with Gasteiger partial charge in [0, 0.05) is 38.2 Å². The Morgan fingerprint density at radius 1 is 1.10 bits per heavy atom. The highest BCUT2D eigenvalue weighted by Gasteiger charge is 2.22. The SMILES string of the molecule is I.NC(=NCC1CN(Cc2ccccc2)CCCO1)NC1CCOc2ccccc21. The Morgan fingerprint density at radius 3 is 2.77 bits per heavy atom. The number of rotatable bonds is 5. The Morgan fingerprint density at radius 2 is 1.90 bits per heavy atom. The number of aliphatic imine (C=N–C) groups is 1. The van der Waals surface area contributed by atoms with E-state index in [-0.39, 0.29) is 36.1 Å². The topological polar surface area (TPSA) is 72.1 Å². The first-order chi connectivity index (χ1) is 14.3. The van der Waals surface area contributed by atoms with Gasteiger partial charge in [-0.15, -0.1) is 24.0 Å². The van der Waals surface area contributed by atoms with E-state index in [1.54, 1.807) is 0 Å². The third kappa shape index (κ3) is 6.33. The number of guanidine groups is 1. The number of ether oxygens (including phenoxy) is 2. The van der Waals surface area contributed by atoms with Crippen LogP contribution in [0.2, 0.25) is 0 Å². The summed E-state index contributed by atoms with van der Waals surface area (Å²) in [4.78, 5) is 7.03. The molecule has 7 heteroatoms. The molecule has 2 heterocycles. The van der Waals surface area contributed by atoms with E-state index in [1.165, 1.54) is 5.56 Å². The van der Waals surface area contributed by atoms with Crippen molar-refractivity contribution < 1.29 is 9.47 Å². The van der Waals surface area contributed by atoms with Gasteiger partial charge < -0.3 is 20.5 Å². The predicted octanol–water partition coefficient (Wildman–Crippen LogP) is 3.32. The fraction of sp³-hybridized carbons (Fsp3) is 0.435. The van der Waals surface area contributed by atoms with Gasteiger partial charge in [-0.05, 0) is 18.1 Å². The average molecular weight is 522 g/mol. The molecule has 0 radical (unpaired) electrons. The van der Waals surface area contributed by atoms with Gasteiger partial charge in [0.2, 0.25) is 0 Å². The molecule has 2 unspecified atom stereocenters. The highest BCUT2D eigenvalue weighted by molar-refractivity contribution is 14.0. The second-order valence-electron chi connectivity index (χ2n) is 7.66. The molecule has 2 atom stereocenters. The molecule has 30 heavy (non-hydrogen) atoms. The van der Waals surface area contributed by atoms with Crippen LogP contribution in [-0.2, 0) is 11.3 Å². The van der Waals surface area contributed by atoms with Crippen LogP contribution in [0.3, 0.4) is 0 Å². The molecule has 0 saturated carbocycles. The van der Waals surface area contributed by atoms with Crippen molar-refractivity contribution in [3.63, 3.8) is 0 Å². The Labute approximate surface area is 195 Å². The molecule has 1 fully saturated rings. The van der Waals surface area contributed by atoms with Crippen molar-refractivity contribution >= 4 is 29.9 Å². The molecule has 1 saturated heterocycles. The fourth-order valence-corrected chi connectivity index (χ4v) is 3.98. The second-order valence-corrected chi connectivity index (χ2v) is 7.66. The van der Waals surface area contributed by atoms with Crippen LogP contribution >= 0.6 is 24.0 Å². The van der Waals surface area contributed by atoms with Gasteiger partial charge in [0.15, 0.2) is 5.96 Å². The van der Waals surface area contributed by atoms with Gasteiger partial charge >= 0.3 is 0 Å². The largest absolute Gasteiger partial charge is 0.493 e. The Hall–Kier alpha value is -1.84. The molecule has 0 aromatic heterocycles. The van der Waals surface area contributed by atoms with Gasteiger partial charge in [-0.2, -0.15) is 0 Å². The Balaban J connectivity index is 0.00000256. The van der Waals surface area contributed by atoms with Crippen molar-refractivity contribution in [2.24, 2.45) is 10.7 Å². The van der Waals surface area contributed by atoms with Crippen molar-refractivity contribution in [3.8, 4) is 5.75 Å². The zero-order valence-electron chi connectivity index (χ0n) is 17.2. The lowest BCUT2D eigenvalue weighted by Gasteiger charge is -2.27. The minimum atomic E-state index is 0. The Bertz CT molecular complexity index is 818. The van der Waals surface area contributed by atoms with Crippen LogP contribution in [0.5, 0.6) is 5.75 Å². The molecule has 4 rings (SSSR count). The zero-order chi connectivity index (χ0) is 19.9. The van der Waals surface area contributed by atoms with E-state index in [4.69, 9.17) is 15.2 Å². The Kier molecular flexibility index (Phi) is 8.77. The fourth-order valence-electron chi connectivity index (χ4n) is 3.98. The van der Waals surface area contributed by atoms with Crippen molar-refractivity contribution in [2.75, 3.05) is 32.8 Å². The van der Waals surface area contributed by atoms with E-state index in [0.29, 0.717) is 19.1 Å². The standard InChI is InChI=1S/C23H30N4O2.HI/c24-23(26-21-11-14-29-22-10-5-4-9-20(21)22)25-15-19-17-27(12-6-13-28-19)16-18-7-2-1-3-8-18;/h1-5,7-10,19,21H,6,11-17H2,(H3,24,25,26);1H. The number of hydrogen-bond acceptors (Lipinski definition) is 4. The summed E-state index contributed by atoms with van der Waals surface area (Å²) in [7, 11) is 0. The van der Waals surface area contributed by atoms with E-state index in [0.717, 1.165) is 50.4 Å². The van der Waals surface area contributed by atoms with Crippen LogP contribution in [0, 0.1) is 0 Å². The molecule has 2 aromatic carbocycles. The van der Waals surface area contributed by atoms with Crippen molar-refractivity contribution in [1.29, 1.82) is 0 Å². The maximum atomic E-state index is 6.21. The molecular formula is C23H31IN4O2. The van der Waals surface area contributed by atoms with Gasteiger partial charge in [-0.1, -0.05) is 48.5 Å². The van der Waals surface area contributed by atoms with E-state index in [2.05, 4.69) is 51.6 Å². The number of benzene rings is 2. The molecule has 2 aliphatic rings. The summed E-state index contributed by atoms with van der Waals surface area (Å²) < 4.78 is 11.7. The highest BCUT2D eigenvalue weighted by atomic mass is 127. The maximum Gasteiger partial charge on any atom is 0.189 e. The van der Waals surface area contributed by atoms with Crippen LogP contribution in [0.15, 0.2) is 59.6 Å². The summed E-state index contributed by atoms with van der Waals surface area (Å²) in [6.45, 7) is 4.87. The van der Waals surface area contributed by atoms with Crippen LogP contribution in [0.4, 0.5) is 0 Å². The molecule has 3 N–H and O–H groups in total. The minimum Gasteiger partial charge on any atom is -0.493 e. The molecule has 0 aliphatic carbocycles. The maximum absolute atomic E-state index is 6.21. The lowest BCUT2D eigenvalue weighted by molar-refractivity contribution is 0.0599. The average Bonchev–Trinajstić information content (AvgIpc) is 2.98. The third-order valence-electron chi connectivity index (χ3n) is 5.43. The summed E-state index contributed by atoms with van der Waals surface area (Å²) >= 11 is 0. The summed E-state index contributed by atoms with van der Waals surface area (Å²) in [5.41, 5.74) is 8.67. The lowest BCUT2D eigenvalue weighted by atomic mass is 10.0. The van der Waals surface area contributed by atoms with Gasteiger partial charge in [0.1, 0.15) is 5.75 Å². The number of halogens is 1. The van der Waals surface area contributed by atoms with Gasteiger partial charge in [-0.3, -0.25) is 9.89 Å². The number of nitrogens with zero attached hydrogens (tertiary/aromatic N) is 2. The number of nitrogens with one attached hydrogen (secondary N) is 1. The van der Waals surface area contributed by atoms with Gasteiger partial charge in [0.05, 0.1) is 25.3 Å². The van der Waals surface area contributed by atoms with Crippen LogP contribution in [-0.4, -0.2) is 49.8 Å². The van der Waals surface area contributed by atoms with Gasteiger partial charge in [-0.25, -0.2) is 0 Å². The third-order valence-corrected chi connectivity index (χ3v) is 5.43. The lowest BCUT2D eigenvalue weighted by Crippen LogP contribution is -2.39. The molecule has 162 valence electrons. The quantitative estimate of drug-likeness (QED) is 0.358. The first kappa shape index (κ1) is 22.8. The minimum absolute atomic E-state index is 0. The normalized spacial score (nSPS) is 22.2. The molecule has 2 aliphatic heterocycles. The van der Waals surface area contributed by atoms with Gasteiger partial charge in [0.25, 0.3) is 0 Å². The molecule has 0 spiro atoms. The number of fused-ring (bicyclic) bond motifs is 1. The van der Waals surface area contributed by atoms with E-state index < -0.39 is 0 Å². The smallest absolute Gasteiger partial charge is 0.189 e. The molecule has 2 aromatic rings.